The van der Waals surface area contributed by atoms with Gasteiger partial charge in [0.05, 0.1) is 5.60 Å². The second kappa shape index (κ2) is 3.71. The van der Waals surface area contributed by atoms with E-state index in [1.807, 2.05) is 0 Å². The second-order valence-corrected chi connectivity index (χ2v) is 7.38. The Morgan fingerprint density at radius 3 is 2.18 bits per heavy atom. The van der Waals surface area contributed by atoms with Crippen molar-refractivity contribution >= 4 is 0 Å². The highest BCUT2D eigenvalue weighted by Gasteiger charge is 2.63. The maximum atomic E-state index is 11.0. The molecule has 17 heavy (non-hydrogen) atoms. The van der Waals surface area contributed by atoms with Crippen molar-refractivity contribution in [2.24, 2.45) is 17.3 Å². The fourth-order valence-electron chi connectivity index (χ4n) is 4.90. The van der Waals surface area contributed by atoms with E-state index in [2.05, 4.69) is 25.7 Å². The Morgan fingerprint density at radius 1 is 1.00 bits per heavy atom. The zero-order valence-electron chi connectivity index (χ0n) is 11.6. The normalized spacial score (nSPS) is 49.8. The van der Waals surface area contributed by atoms with Gasteiger partial charge in [-0.15, -0.1) is 0 Å². The van der Waals surface area contributed by atoms with E-state index in [-0.39, 0.29) is 0 Å². The highest BCUT2D eigenvalue weighted by Crippen LogP contribution is 2.63. The quantitative estimate of drug-likeness (QED) is 0.758. The number of piperidine rings is 1. The molecular weight excluding hydrogens is 210 g/mol. The summed E-state index contributed by atoms with van der Waals surface area (Å²) in [5.41, 5.74) is -0.0919. The van der Waals surface area contributed by atoms with Gasteiger partial charge in [-0.3, -0.25) is 4.90 Å². The summed E-state index contributed by atoms with van der Waals surface area (Å²) >= 11 is 0. The first-order valence-electron chi connectivity index (χ1n) is 7.40. The third-order valence-corrected chi connectivity index (χ3v) is 6.19. The van der Waals surface area contributed by atoms with Crippen LogP contribution in [0.25, 0.3) is 0 Å². The summed E-state index contributed by atoms with van der Waals surface area (Å²) in [5.74, 6) is 1.36. The van der Waals surface area contributed by atoms with Crippen molar-refractivity contribution in [2.45, 2.75) is 64.5 Å². The van der Waals surface area contributed by atoms with Crippen LogP contribution < -0.4 is 0 Å². The van der Waals surface area contributed by atoms with Gasteiger partial charge in [0, 0.05) is 6.04 Å². The lowest BCUT2D eigenvalue weighted by atomic mass is 9.43. The van der Waals surface area contributed by atoms with Crippen molar-refractivity contribution < 1.29 is 5.11 Å². The molecule has 0 aromatic carbocycles. The molecule has 1 heterocycles. The van der Waals surface area contributed by atoms with Crippen LogP contribution in [-0.4, -0.2) is 34.7 Å². The second-order valence-electron chi connectivity index (χ2n) is 7.38. The van der Waals surface area contributed by atoms with Crippen LogP contribution in [-0.2, 0) is 0 Å². The Hall–Kier alpha value is -0.0800. The van der Waals surface area contributed by atoms with Crippen LogP contribution in [0.4, 0.5) is 0 Å². The number of aliphatic hydroxyl groups is 1. The maximum absolute atomic E-state index is 11.0. The molecule has 98 valence electrons. The molecule has 0 radical (unpaired) electrons. The highest BCUT2D eigenvalue weighted by atomic mass is 16.3. The summed E-state index contributed by atoms with van der Waals surface area (Å²) in [6.07, 6.45) is 6.50. The molecule has 3 saturated carbocycles. The summed E-state index contributed by atoms with van der Waals surface area (Å²) in [7, 11) is 0. The van der Waals surface area contributed by atoms with E-state index in [0.717, 1.165) is 5.92 Å². The van der Waals surface area contributed by atoms with Crippen molar-refractivity contribution in [1.29, 1.82) is 0 Å². The molecule has 2 bridgehead atoms. The van der Waals surface area contributed by atoms with Crippen LogP contribution in [0.1, 0.15) is 52.9 Å². The Kier molecular flexibility index (Phi) is 2.61. The molecule has 4 atom stereocenters. The average Bonchev–Trinajstić information content (AvgIpc) is 2.28. The van der Waals surface area contributed by atoms with Crippen molar-refractivity contribution in [2.75, 3.05) is 13.1 Å². The van der Waals surface area contributed by atoms with E-state index >= 15 is 0 Å². The van der Waals surface area contributed by atoms with Crippen LogP contribution in [0.2, 0.25) is 0 Å². The van der Waals surface area contributed by atoms with E-state index in [1.54, 1.807) is 0 Å². The molecule has 1 aliphatic heterocycles. The molecule has 4 aliphatic rings. The first-order chi connectivity index (χ1) is 7.94. The highest BCUT2D eigenvalue weighted by molar-refractivity contribution is 5.14. The van der Waals surface area contributed by atoms with E-state index in [9.17, 15) is 5.11 Å². The molecule has 2 nitrogen and oxygen atoms in total. The first kappa shape index (κ1) is 12.0. The van der Waals surface area contributed by atoms with Gasteiger partial charge in [-0.1, -0.05) is 20.3 Å². The lowest BCUT2D eigenvalue weighted by molar-refractivity contribution is -0.231. The Balaban J connectivity index is 1.79. The van der Waals surface area contributed by atoms with Gasteiger partial charge in [0.2, 0.25) is 0 Å². The van der Waals surface area contributed by atoms with E-state index in [1.165, 1.54) is 45.2 Å². The van der Waals surface area contributed by atoms with Gasteiger partial charge in [0.1, 0.15) is 0 Å². The number of nitrogens with zero attached hydrogens (tertiary/aromatic N) is 1. The molecular formula is C15H27NO. The van der Waals surface area contributed by atoms with Crippen LogP contribution >= 0.6 is 0 Å². The summed E-state index contributed by atoms with van der Waals surface area (Å²) in [5, 5.41) is 11.0. The molecule has 0 amide bonds. The van der Waals surface area contributed by atoms with E-state index < -0.39 is 5.60 Å². The summed E-state index contributed by atoms with van der Waals surface area (Å²) < 4.78 is 0. The molecule has 3 aliphatic carbocycles. The third kappa shape index (κ3) is 1.60. The summed E-state index contributed by atoms with van der Waals surface area (Å²) in [6.45, 7) is 9.23. The lowest BCUT2D eigenvalue weighted by Crippen LogP contribution is -2.70. The minimum Gasteiger partial charge on any atom is -0.388 e. The van der Waals surface area contributed by atoms with Crippen molar-refractivity contribution in [3.8, 4) is 0 Å². The van der Waals surface area contributed by atoms with Crippen molar-refractivity contribution in [1.82, 2.24) is 4.90 Å². The Morgan fingerprint density at radius 2 is 1.65 bits per heavy atom. The van der Waals surface area contributed by atoms with Crippen molar-refractivity contribution in [3.63, 3.8) is 0 Å². The zero-order valence-corrected chi connectivity index (χ0v) is 11.6. The van der Waals surface area contributed by atoms with Gasteiger partial charge in [-0.05, 0) is 62.9 Å². The fourth-order valence-corrected chi connectivity index (χ4v) is 4.90. The average molecular weight is 237 g/mol. The standard InChI is InChI=1S/C15H27NO/c1-14(2)11-9-12(14)15(3,17)13(10-11)16-7-5-4-6-8-16/h11-13,17H,4-10H2,1-3H3/t11-,12-,13+,15-/m1/s1. The van der Waals surface area contributed by atoms with E-state index in [0.29, 0.717) is 17.4 Å². The number of likely N-dealkylation sites (tertiary alicyclic amines) is 1. The third-order valence-electron chi connectivity index (χ3n) is 6.19. The molecule has 4 fully saturated rings. The zero-order chi connectivity index (χ0) is 12.3. The Labute approximate surface area is 105 Å². The number of rotatable bonds is 1. The van der Waals surface area contributed by atoms with Gasteiger partial charge in [-0.25, -0.2) is 0 Å². The molecule has 2 heteroatoms. The van der Waals surface area contributed by atoms with Gasteiger partial charge < -0.3 is 5.11 Å². The number of fused-ring (bicyclic) bond motifs is 2. The molecule has 0 aromatic heterocycles. The molecule has 1 saturated heterocycles. The summed E-state index contributed by atoms with van der Waals surface area (Å²) in [4.78, 5) is 2.58. The predicted molar refractivity (Wildman–Crippen MR) is 69.8 cm³/mol. The number of hydrogen-bond donors (Lipinski definition) is 1. The van der Waals surface area contributed by atoms with Gasteiger partial charge in [0.25, 0.3) is 0 Å². The SMILES string of the molecule is CC1(C)[C@H]2C[C@H](N3CCCCC3)[C@](C)(O)[C@@H]1C2. The van der Waals surface area contributed by atoms with Crippen LogP contribution in [0.3, 0.4) is 0 Å². The van der Waals surface area contributed by atoms with Gasteiger partial charge >= 0.3 is 0 Å². The molecule has 4 rings (SSSR count). The topological polar surface area (TPSA) is 23.5 Å². The van der Waals surface area contributed by atoms with Gasteiger partial charge in [0.15, 0.2) is 0 Å². The lowest BCUT2D eigenvalue weighted by Gasteiger charge is -2.67. The first-order valence-corrected chi connectivity index (χ1v) is 7.40. The number of hydrogen-bond acceptors (Lipinski definition) is 2. The molecule has 0 aromatic rings. The van der Waals surface area contributed by atoms with Crippen LogP contribution in [0, 0.1) is 17.3 Å². The molecule has 0 spiro atoms. The van der Waals surface area contributed by atoms with Crippen LogP contribution in [0.15, 0.2) is 0 Å². The smallest absolute Gasteiger partial charge is 0.0807 e. The van der Waals surface area contributed by atoms with Crippen LogP contribution in [0.5, 0.6) is 0 Å². The monoisotopic (exact) mass is 237 g/mol. The van der Waals surface area contributed by atoms with Gasteiger partial charge in [-0.2, -0.15) is 0 Å². The van der Waals surface area contributed by atoms with Crippen molar-refractivity contribution in [3.05, 3.63) is 0 Å². The minimum atomic E-state index is -0.463. The Bertz CT molecular complexity index is 304. The maximum Gasteiger partial charge on any atom is 0.0807 e. The largest absolute Gasteiger partial charge is 0.388 e. The molecule has 0 unspecified atom stereocenters. The predicted octanol–water partition coefficient (Wildman–Crippen LogP) is 2.66. The fraction of sp³-hybridized carbons (Fsp3) is 1.00. The molecule has 1 N–H and O–H groups in total. The minimum absolute atomic E-state index is 0.371. The summed E-state index contributed by atoms with van der Waals surface area (Å²) in [6, 6.07) is 0.430. The van der Waals surface area contributed by atoms with E-state index in [4.69, 9.17) is 0 Å².